The Hall–Kier alpha value is -3.23. The number of methoxy groups -OCH3 is 1. The first-order valence-electron chi connectivity index (χ1n) is 11.3. The lowest BCUT2D eigenvalue weighted by molar-refractivity contribution is -0.123. The number of carbonyl (C=O) groups is 2. The quantitative estimate of drug-likeness (QED) is 0.516. The fourth-order valence-corrected chi connectivity index (χ4v) is 5.01. The lowest BCUT2D eigenvalue weighted by Crippen LogP contribution is -2.45. The van der Waals surface area contributed by atoms with Crippen molar-refractivity contribution in [1.82, 2.24) is 10.3 Å². The van der Waals surface area contributed by atoms with Crippen molar-refractivity contribution in [2.45, 2.75) is 38.8 Å². The van der Waals surface area contributed by atoms with Crippen molar-refractivity contribution in [1.29, 1.82) is 0 Å². The molecule has 8 heteroatoms. The molecule has 2 heterocycles. The highest BCUT2D eigenvalue weighted by Gasteiger charge is 2.35. The Balaban J connectivity index is 1.78. The second kappa shape index (κ2) is 10.8. The predicted octanol–water partition coefficient (Wildman–Crippen LogP) is 4.45. The number of hydrogen-bond donors (Lipinski definition) is 1. The number of ether oxygens (including phenoxy) is 2. The van der Waals surface area contributed by atoms with Gasteiger partial charge in [-0.3, -0.25) is 14.5 Å². The van der Waals surface area contributed by atoms with E-state index in [2.05, 4.69) is 10.3 Å². The number of nitrogens with zero attached hydrogens (tertiary/aromatic N) is 2. The number of aromatic nitrogens is 1. The van der Waals surface area contributed by atoms with Crippen molar-refractivity contribution in [2.75, 3.05) is 25.2 Å². The number of amides is 2. The Morgan fingerprint density at radius 2 is 2.00 bits per heavy atom. The van der Waals surface area contributed by atoms with Crippen LogP contribution in [-0.2, 0) is 9.53 Å². The zero-order valence-electron chi connectivity index (χ0n) is 19.6. The summed E-state index contributed by atoms with van der Waals surface area (Å²) in [6.45, 7) is 4.80. The van der Waals surface area contributed by atoms with Crippen LogP contribution in [0.1, 0.15) is 44.8 Å². The van der Waals surface area contributed by atoms with Crippen LogP contribution in [0.25, 0.3) is 0 Å². The summed E-state index contributed by atoms with van der Waals surface area (Å²) in [7, 11) is 1.57. The highest BCUT2D eigenvalue weighted by Crippen LogP contribution is 2.33. The molecule has 3 aromatic rings. The van der Waals surface area contributed by atoms with Gasteiger partial charge in [-0.25, -0.2) is 4.98 Å². The van der Waals surface area contributed by atoms with E-state index in [1.165, 1.54) is 11.3 Å². The topological polar surface area (TPSA) is 80.8 Å². The Morgan fingerprint density at radius 1 is 1.21 bits per heavy atom. The van der Waals surface area contributed by atoms with Crippen LogP contribution in [0.15, 0.2) is 54.6 Å². The van der Waals surface area contributed by atoms with Crippen LogP contribution in [0.3, 0.4) is 0 Å². The number of anilines is 1. The number of benzene rings is 2. The second-order valence-corrected chi connectivity index (χ2v) is 9.42. The smallest absolute Gasteiger partial charge is 0.271 e. The second-order valence-electron chi connectivity index (χ2n) is 8.22. The van der Waals surface area contributed by atoms with Gasteiger partial charge in [0.1, 0.15) is 16.7 Å². The van der Waals surface area contributed by atoms with Crippen molar-refractivity contribution in [3.63, 3.8) is 0 Å². The van der Waals surface area contributed by atoms with Gasteiger partial charge in [0.25, 0.3) is 5.91 Å². The van der Waals surface area contributed by atoms with Crippen LogP contribution in [0.5, 0.6) is 5.75 Å². The first kappa shape index (κ1) is 23.9. The third-order valence-electron chi connectivity index (χ3n) is 5.80. The van der Waals surface area contributed by atoms with Gasteiger partial charge < -0.3 is 14.8 Å². The summed E-state index contributed by atoms with van der Waals surface area (Å²) in [6, 6.07) is 15.7. The maximum Gasteiger partial charge on any atom is 0.271 e. The molecule has 0 unspecified atom stereocenters. The van der Waals surface area contributed by atoms with Gasteiger partial charge >= 0.3 is 0 Å². The molecular weight excluding hydrogens is 450 g/mol. The standard InChI is InChI=1S/C26H29N3O4S/c1-17-24(34-18(2)28-17)26(31)29(20-11-7-12-21(15-20)32-3)23(19-9-5-4-6-10-19)25(30)27-16-22-13-8-14-33-22/h4-7,9-12,15,22-23H,8,13-14,16H2,1-3H3,(H,27,30)/t22-,23-/m0/s1. The molecule has 1 N–H and O–H groups in total. The molecule has 0 spiro atoms. The monoisotopic (exact) mass is 479 g/mol. The van der Waals surface area contributed by atoms with Crippen molar-refractivity contribution < 1.29 is 19.1 Å². The van der Waals surface area contributed by atoms with Crippen LogP contribution in [0.2, 0.25) is 0 Å². The molecule has 7 nitrogen and oxygen atoms in total. The van der Waals surface area contributed by atoms with Crippen molar-refractivity contribution >= 4 is 28.8 Å². The van der Waals surface area contributed by atoms with E-state index >= 15 is 0 Å². The largest absolute Gasteiger partial charge is 0.497 e. The summed E-state index contributed by atoms with van der Waals surface area (Å²) in [4.78, 5) is 34.2. The molecule has 178 valence electrons. The number of nitrogens with one attached hydrogen (secondary N) is 1. The molecule has 0 radical (unpaired) electrons. The highest BCUT2D eigenvalue weighted by atomic mass is 32.1. The molecule has 2 atom stereocenters. The first-order chi connectivity index (χ1) is 16.5. The number of rotatable bonds is 8. The maximum absolute atomic E-state index is 14.0. The molecule has 1 fully saturated rings. The minimum Gasteiger partial charge on any atom is -0.497 e. The molecular formula is C26H29N3O4S. The van der Waals surface area contributed by atoms with Crippen LogP contribution < -0.4 is 15.0 Å². The van der Waals surface area contributed by atoms with Gasteiger partial charge in [-0.2, -0.15) is 0 Å². The summed E-state index contributed by atoms with van der Waals surface area (Å²) in [5.41, 5.74) is 1.92. The minimum atomic E-state index is -0.885. The maximum atomic E-state index is 14.0. The molecule has 4 rings (SSSR count). The van der Waals surface area contributed by atoms with Gasteiger partial charge in [0.15, 0.2) is 0 Å². The first-order valence-corrected chi connectivity index (χ1v) is 12.2. The molecule has 1 saturated heterocycles. The van der Waals surface area contributed by atoms with Gasteiger partial charge in [0.2, 0.25) is 5.91 Å². The summed E-state index contributed by atoms with van der Waals surface area (Å²) >= 11 is 1.33. The third kappa shape index (κ3) is 5.29. The van der Waals surface area contributed by atoms with E-state index in [4.69, 9.17) is 9.47 Å². The van der Waals surface area contributed by atoms with Gasteiger partial charge in [-0.05, 0) is 44.4 Å². The molecule has 0 aliphatic carbocycles. The molecule has 2 aromatic carbocycles. The molecule has 0 saturated carbocycles. The zero-order chi connectivity index (χ0) is 24.1. The lowest BCUT2D eigenvalue weighted by atomic mass is 10.0. The Morgan fingerprint density at radius 3 is 2.65 bits per heavy atom. The van der Waals surface area contributed by atoms with E-state index in [-0.39, 0.29) is 17.9 Å². The third-order valence-corrected chi connectivity index (χ3v) is 6.86. The van der Waals surface area contributed by atoms with E-state index in [0.29, 0.717) is 40.7 Å². The normalized spacial score (nSPS) is 16.1. The Kier molecular flexibility index (Phi) is 7.59. The molecule has 1 aliphatic rings. The van der Waals surface area contributed by atoms with E-state index in [1.807, 2.05) is 62.4 Å². The van der Waals surface area contributed by atoms with Crippen LogP contribution in [0, 0.1) is 13.8 Å². The number of hydrogen-bond acceptors (Lipinski definition) is 6. The van der Waals surface area contributed by atoms with E-state index in [9.17, 15) is 9.59 Å². The predicted molar refractivity (Wildman–Crippen MR) is 133 cm³/mol. The van der Waals surface area contributed by atoms with Gasteiger partial charge in [0.05, 0.1) is 23.9 Å². The number of aryl methyl sites for hydroxylation is 2. The molecule has 1 aromatic heterocycles. The average molecular weight is 480 g/mol. The molecule has 2 amide bonds. The fourth-order valence-electron chi connectivity index (χ4n) is 4.15. The highest BCUT2D eigenvalue weighted by molar-refractivity contribution is 7.13. The minimum absolute atomic E-state index is 0.00673. The van der Waals surface area contributed by atoms with E-state index < -0.39 is 6.04 Å². The lowest BCUT2D eigenvalue weighted by Gasteiger charge is -2.31. The van der Waals surface area contributed by atoms with Crippen molar-refractivity contribution in [3.8, 4) is 5.75 Å². The fraction of sp³-hybridized carbons (Fsp3) is 0.346. The van der Waals surface area contributed by atoms with Crippen LogP contribution in [-0.4, -0.2) is 43.2 Å². The summed E-state index contributed by atoms with van der Waals surface area (Å²) in [5.74, 6) is 0.0494. The summed E-state index contributed by atoms with van der Waals surface area (Å²) < 4.78 is 11.1. The molecule has 34 heavy (non-hydrogen) atoms. The molecule has 0 bridgehead atoms. The van der Waals surface area contributed by atoms with Crippen molar-refractivity contribution in [3.05, 3.63) is 75.7 Å². The van der Waals surface area contributed by atoms with E-state index in [0.717, 1.165) is 17.8 Å². The Labute approximate surface area is 203 Å². The van der Waals surface area contributed by atoms with E-state index in [1.54, 1.807) is 18.1 Å². The SMILES string of the molecule is COc1cccc(N(C(=O)c2sc(C)nc2C)[C@H](C(=O)NC[C@@H]2CCCO2)c2ccccc2)c1. The van der Waals surface area contributed by atoms with Gasteiger partial charge in [-0.15, -0.1) is 11.3 Å². The zero-order valence-corrected chi connectivity index (χ0v) is 20.4. The van der Waals surface area contributed by atoms with Crippen LogP contribution >= 0.6 is 11.3 Å². The summed E-state index contributed by atoms with van der Waals surface area (Å²) in [6.07, 6.45) is 1.89. The van der Waals surface area contributed by atoms with Gasteiger partial charge in [0, 0.05) is 24.9 Å². The van der Waals surface area contributed by atoms with Gasteiger partial charge in [-0.1, -0.05) is 36.4 Å². The number of thiazole rings is 1. The summed E-state index contributed by atoms with van der Waals surface area (Å²) in [5, 5.41) is 3.82. The van der Waals surface area contributed by atoms with Crippen LogP contribution in [0.4, 0.5) is 5.69 Å². The number of carbonyl (C=O) groups excluding carboxylic acids is 2. The average Bonchev–Trinajstić information content (AvgIpc) is 3.50. The Bertz CT molecular complexity index is 1140. The van der Waals surface area contributed by atoms with Crippen molar-refractivity contribution in [2.24, 2.45) is 0 Å². The molecule has 1 aliphatic heterocycles.